The topological polar surface area (TPSA) is 81.9 Å². The summed E-state index contributed by atoms with van der Waals surface area (Å²) in [5.74, 6) is 0.109. The minimum Gasteiger partial charge on any atom is -0.464 e. The van der Waals surface area contributed by atoms with Crippen molar-refractivity contribution in [2.45, 2.75) is 38.3 Å². The molecule has 0 aromatic carbocycles. The number of nitrogens with one attached hydrogen (secondary N) is 1. The molecule has 0 amide bonds. The van der Waals surface area contributed by atoms with Gasteiger partial charge in [-0.3, -0.25) is 4.68 Å². The van der Waals surface area contributed by atoms with Gasteiger partial charge in [0.15, 0.2) is 5.69 Å². The monoisotopic (exact) mass is 301 g/mol. The van der Waals surface area contributed by atoms with E-state index in [1.807, 2.05) is 12.3 Å². The Labute approximate surface area is 128 Å². The molecule has 7 nitrogen and oxygen atoms in total. The van der Waals surface area contributed by atoms with Gasteiger partial charge in [0.25, 0.3) is 0 Å². The molecular formula is C15H19N5O2. The molecule has 2 aromatic rings. The van der Waals surface area contributed by atoms with Crippen LogP contribution in [0.1, 0.15) is 47.9 Å². The Bertz CT molecular complexity index is 632. The van der Waals surface area contributed by atoms with Crippen LogP contribution >= 0.6 is 0 Å². The van der Waals surface area contributed by atoms with Crippen molar-refractivity contribution in [1.29, 1.82) is 0 Å². The number of hydrogen-bond acceptors (Lipinski definition) is 6. The van der Waals surface area contributed by atoms with Crippen LogP contribution in [0.15, 0.2) is 24.4 Å². The summed E-state index contributed by atoms with van der Waals surface area (Å²) < 4.78 is 6.65. The molecule has 1 aliphatic rings. The van der Waals surface area contributed by atoms with Crippen LogP contribution in [0.25, 0.3) is 0 Å². The zero-order valence-electron chi connectivity index (χ0n) is 12.5. The molecule has 3 rings (SSSR count). The highest BCUT2D eigenvalue weighted by Gasteiger charge is 2.17. The van der Waals surface area contributed by atoms with Crippen molar-refractivity contribution in [2.24, 2.45) is 0 Å². The summed E-state index contributed by atoms with van der Waals surface area (Å²) in [6, 6.07) is 5.85. The van der Waals surface area contributed by atoms with Gasteiger partial charge < -0.3 is 10.1 Å². The van der Waals surface area contributed by atoms with Gasteiger partial charge in [-0.2, -0.15) is 5.10 Å². The minimum absolute atomic E-state index is 0.193. The summed E-state index contributed by atoms with van der Waals surface area (Å²) >= 11 is 0. The molecule has 0 bridgehead atoms. The molecule has 116 valence electrons. The molecule has 1 aliphatic carbocycles. The molecular weight excluding hydrogens is 282 g/mol. The Balaban J connectivity index is 1.57. The van der Waals surface area contributed by atoms with Crippen molar-refractivity contribution in [3.05, 3.63) is 35.8 Å². The summed E-state index contributed by atoms with van der Waals surface area (Å²) in [6.07, 6.45) is 7.06. The van der Waals surface area contributed by atoms with Crippen molar-refractivity contribution >= 4 is 11.8 Å². The number of anilines is 1. The number of ether oxygens (including phenoxy) is 1. The van der Waals surface area contributed by atoms with Gasteiger partial charge in [0, 0.05) is 6.20 Å². The Hall–Kier alpha value is -2.44. The predicted octanol–water partition coefficient (Wildman–Crippen LogP) is 2.19. The lowest BCUT2D eigenvalue weighted by molar-refractivity contribution is 0.0593. The van der Waals surface area contributed by atoms with E-state index in [0.717, 1.165) is 5.69 Å². The molecule has 0 aliphatic heterocycles. The molecule has 0 spiro atoms. The third-order valence-electron chi connectivity index (χ3n) is 3.87. The first-order valence-electron chi connectivity index (χ1n) is 7.46. The van der Waals surface area contributed by atoms with Gasteiger partial charge in [-0.05, 0) is 31.0 Å². The van der Waals surface area contributed by atoms with Gasteiger partial charge in [0.1, 0.15) is 5.82 Å². The van der Waals surface area contributed by atoms with E-state index in [1.165, 1.54) is 32.8 Å². The number of hydrogen-bond donors (Lipinski definition) is 1. The highest BCUT2D eigenvalue weighted by molar-refractivity contribution is 5.86. The van der Waals surface area contributed by atoms with Crippen LogP contribution in [0.3, 0.4) is 0 Å². The molecule has 0 saturated heterocycles. The first-order chi connectivity index (χ1) is 10.8. The average molecular weight is 301 g/mol. The Kier molecular flexibility index (Phi) is 4.32. The fourth-order valence-electron chi connectivity index (χ4n) is 2.66. The van der Waals surface area contributed by atoms with E-state index in [1.54, 1.807) is 12.1 Å². The van der Waals surface area contributed by atoms with E-state index in [0.29, 0.717) is 18.4 Å². The van der Waals surface area contributed by atoms with E-state index in [-0.39, 0.29) is 5.69 Å². The third kappa shape index (κ3) is 3.24. The number of carbonyl (C=O) groups excluding carboxylic acids is 1. The highest BCUT2D eigenvalue weighted by atomic mass is 16.5. The normalized spacial score (nSPS) is 15.0. The summed E-state index contributed by atoms with van der Waals surface area (Å²) in [5.41, 5.74) is 1.16. The Morgan fingerprint density at radius 3 is 2.82 bits per heavy atom. The van der Waals surface area contributed by atoms with E-state index in [4.69, 9.17) is 0 Å². The molecule has 0 unspecified atom stereocenters. The van der Waals surface area contributed by atoms with Crippen LogP contribution in [0.5, 0.6) is 0 Å². The molecule has 1 saturated carbocycles. The molecule has 1 N–H and O–H groups in total. The maximum absolute atomic E-state index is 11.3. The number of aromatic nitrogens is 4. The zero-order chi connectivity index (χ0) is 15.4. The van der Waals surface area contributed by atoms with Crippen LogP contribution in [0.4, 0.5) is 5.82 Å². The fraction of sp³-hybridized carbons (Fsp3) is 0.467. The van der Waals surface area contributed by atoms with Crippen LogP contribution in [0, 0.1) is 0 Å². The second-order valence-corrected chi connectivity index (χ2v) is 5.37. The minimum atomic E-state index is -0.491. The zero-order valence-corrected chi connectivity index (χ0v) is 12.5. The summed E-state index contributed by atoms with van der Waals surface area (Å²) in [7, 11) is 1.32. The molecule has 2 aromatic heterocycles. The quantitative estimate of drug-likeness (QED) is 0.852. The maximum Gasteiger partial charge on any atom is 0.358 e. The smallest absolute Gasteiger partial charge is 0.358 e. The highest BCUT2D eigenvalue weighted by Crippen LogP contribution is 2.28. The summed E-state index contributed by atoms with van der Waals surface area (Å²) in [4.78, 5) is 11.3. The van der Waals surface area contributed by atoms with Crippen LogP contribution in [-0.2, 0) is 11.3 Å². The van der Waals surface area contributed by atoms with E-state index >= 15 is 0 Å². The second kappa shape index (κ2) is 6.55. The fourth-order valence-corrected chi connectivity index (χ4v) is 2.66. The van der Waals surface area contributed by atoms with Gasteiger partial charge in [-0.1, -0.05) is 12.8 Å². The third-order valence-corrected chi connectivity index (χ3v) is 3.87. The molecule has 22 heavy (non-hydrogen) atoms. The van der Waals surface area contributed by atoms with Crippen molar-refractivity contribution in [3.8, 4) is 0 Å². The van der Waals surface area contributed by atoms with Crippen molar-refractivity contribution < 1.29 is 9.53 Å². The van der Waals surface area contributed by atoms with E-state index in [9.17, 15) is 4.79 Å². The SMILES string of the molecule is COC(=O)c1ccc(NCc2ccn(C3CCCC3)n2)nn1. The number of methoxy groups -OCH3 is 1. The molecule has 7 heteroatoms. The standard InChI is InChI=1S/C15H19N5O2/c1-22-15(21)13-6-7-14(18-17-13)16-10-11-8-9-20(19-11)12-4-2-3-5-12/h6-9,12H,2-5,10H2,1H3,(H,16,18). The molecule has 1 fully saturated rings. The van der Waals surface area contributed by atoms with Crippen LogP contribution in [-0.4, -0.2) is 33.1 Å². The lowest BCUT2D eigenvalue weighted by atomic mass is 10.3. The summed E-state index contributed by atoms with van der Waals surface area (Å²) in [5, 5.41) is 15.5. The van der Waals surface area contributed by atoms with Crippen molar-refractivity contribution in [2.75, 3.05) is 12.4 Å². The molecule has 2 heterocycles. The average Bonchev–Trinajstić information content (AvgIpc) is 3.23. The predicted molar refractivity (Wildman–Crippen MR) is 80.4 cm³/mol. The number of nitrogens with zero attached hydrogens (tertiary/aromatic N) is 4. The number of carbonyl (C=O) groups is 1. The van der Waals surface area contributed by atoms with Gasteiger partial charge in [0.2, 0.25) is 0 Å². The Morgan fingerprint density at radius 2 is 2.14 bits per heavy atom. The lowest BCUT2D eigenvalue weighted by Crippen LogP contribution is -2.09. The second-order valence-electron chi connectivity index (χ2n) is 5.37. The maximum atomic E-state index is 11.3. The van der Waals surface area contributed by atoms with Gasteiger partial charge in [-0.25, -0.2) is 4.79 Å². The first kappa shape index (κ1) is 14.5. The van der Waals surface area contributed by atoms with Crippen molar-refractivity contribution in [3.63, 3.8) is 0 Å². The van der Waals surface area contributed by atoms with E-state index < -0.39 is 5.97 Å². The lowest BCUT2D eigenvalue weighted by Gasteiger charge is -2.09. The number of rotatable bonds is 5. The van der Waals surface area contributed by atoms with Gasteiger partial charge in [-0.15, -0.1) is 10.2 Å². The number of esters is 1. The molecule has 0 radical (unpaired) electrons. The van der Waals surface area contributed by atoms with Crippen LogP contribution in [0.2, 0.25) is 0 Å². The van der Waals surface area contributed by atoms with E-state index in [2.05, 4.69) is 30.0 Å². The summed E-state index contributed by atoms with van der Waals surface area (Å²) in [6.45, 7) is 0.575. The first-order valence-corrected chi connectivity index (χ1v) is 7.46. The van der Waals surface area contributed by atoms with Gasteiger partial charge in [0.05, 0.1) is 25.4 Å². The molecule has 0 atom stereocenters. The van der Waals surface area contributed by atoms with Crippen LogP contribution < -0.4 is 5.32 Å². The van der Waals surface area contributed by atoms with Crippen molar-refractivity contribution in [1.82, 2.24) is 20.0 Å². The van der Waals surface area contributed by atoms with Gasteiger partial charge >= 0.3 is 5.97 Å². The largest absolute Gasteiger partial charge is 0.464 e. The Morgan fingerprint density at radius 1 is 1.32 bits per heavy atom.